The number of aliphatic carboxylic acids is 1. The Bertz CT molecular complexity index is 660. The Hall–Kier alpha value is -2.50. The minimum absolute atomic E-state index is 0.295. The fourth-order valence-corrected chi connectivity index (χ4v) is 2.47. The number of rotatable bonds is 3. The SMILES string of the molecule is O=C(O)[C@H]1CCN(c2cc(-c3ccc(F)cc3)ncn2)C1. The molecule has 6 heteroatoms. The number of carbonyl (C=O) groups is 1. The van der Waals surface area contributed by atoms with E-state index in [1.54, 1.807) is 18.2 Å². The summed E-state index contributed by atoms with van der Waals surface area (Å²) in [6.45, 7) is 1.12. The summed E-state index contributed by atoms with van der Waals surface area (Å²) in [5, 5.41) is 9.04. The van der Waals surface area contributed by atoms with Crippen LogP contribution in [-0.2, 0) is 4.79 Å². The lowest BCUT2D eigenvalue weighted by molar-refractivity contribution is -0.140. The topological polar surface area (TPSA) is 66.3 Å². The maximum absolute atomic E-state index is 12.9. The first kappa shape index (κ1) is 13.5. The van der Waals surface area contributed by atoms with E-state index in [-0.39, 0.29) is 11.7 Å². The van der Waals surface area contributed by atoms with Gasteiger partial charge < -0.3 is 10.0 Å². The van der Waals surface area contributed by atoms with Crippen LogP contribution < -0.4 is 4.90 Å². The van der Waals surface area contributed by atoms with Crippen LogP contribution in [0, 0.1) is 11.7 Å². The first-order valence-corrected chi connectivity index (χ1v) is 6.69. The lowest BCUT2D eigenvalue weighted by Crippen LogP contribution is -2.23. The number of benzene rings is 1. The zero-order valence-corrected chi connectivity index (χ0v) is 11.2. The number of aromatic nitrogens is 2. The fourth-order valence-electron chi connectivity index (χ4n) is 2.47. The molecule has 1 aliphatic rings. The van der Waals surface area contributed by atoms with Crippen LogP contribution in [-0.4, -0.2) is 34.1 Å². The summed E-state index contributed by atoms with van der Waals surface area (Å²) in [5.41, 5.74) is 1.49. The molecule has 1 saturated heterocycles. The largest absolute Gasteiger partial charge is 0.481 e. The van der Waals surface area contributed by atoms with E-state index in [0.717, 1.165) is 5.56 Å². The van der Waals surface area contributed by atoms with Crippen molar-refractivity contribution in [2.24, 2.45) is 5.92 Å². The predicted molar refractivity (Wildman–Crippen MR) is 75.4 cm³/mol. The summed E-state index contributed by atoms with van der Waals surface area (Å²) in [6.07, 6.45) is 2.06. The maximum atomic E-state index is 12.9. The van der Waals surface area contributed by atoms with Gasteiger partial charge in [-0.15, -0.1) is 0 Å². The molecule has 0 saturated carbocycles. The minimum atomic E-state index is -0.773. The molecule has 0 radical (unpaired) electrons. The molecular weight excluding hydrogens is 273 g/mol. The van der Waals surface area contributed by atoms with Crippen LogP contribution in [0.15, 0.2) is 36.7 Å². The van der Waals surface area contributed by atoms with Crippen LogP contribution in [0.2, 0.25) is 0 Å². The van der Waals surface area contributed by atoms with Crippen molar-refractivity contribution in [3.63, 3.8) is 0 Å². The molecule has 1 N–H and O–H groups in total. The second-order valence-corrected chi connectivity index (χ2v) is 5.04. The lowest BCUT2D eigenvalue weighted by atomic mass is 10.1. The highest BCUT2D eigenvalue weighted by atomic mass is 19.1. The van der Waals surface area contributed by atoms with E-state index >= 15 is 0 Å². The second kappa shape index (κ2) is 5.47. The summed E-state index contributed by atoms with van der Waals surface area (Å²) < 4.78 is 12.9. The van der Waals surface area contributed by atoms with Crippen molar-refractivity contribution in [2.75, 3.05) is 18.0 Å². The van der Waals surface area contributed by atoms with Gasteiger partial charge in [-0.25, -0.2) is 14.4 Å². The van der Waals surface area contributed by atoms with Crippen molar-refractivity contribution >= 4 is 11.8 Å². The van der Waals surface area contributed by atoms with E-state index in [0.29, 0.717) is 31.0 Å². The number of carboxylic acid groups (broad SMARTS) is 1. The fraction of sp³-hybridized carbons (Fsp3) is 0.267. The molecule has 1 atom stereocenters. The van der Waals surface area contributed by atoms with Gasteiger partial charge in [-0.3, -0.25) is 4.79 Å². The predicted octanol–water partition coefficient (Wildman–Crippen LogP) is 2.19. The first-order chi connectivity index (χ1) is 10.1. The average Bonchev–Trinajstić information content (AvgIpc) is 2.98. The Labute approximate surface area is 121 Å². The molecule has 0 bridgehead atoms. The van der Waals surface area contributed by atoms with Crippen LogP contribution in [0.5, 0.6) is 0 Å². The second-order valence-electron chi connectivity index (χ2n) is 5.04. The first-order valence-electron chi connectivity index (χ1n) is 6.69. The van der Waals surface area contributed by atoms with Gasteiger partial charge >= 0.3 is 5.97 Å². The van der Waals surface area contributed by atoms with Gasteiger partial charge in [-0.05, 0) is 30.7 Å². The lowest BCUT2D eigenvalue weighted by Gasteiger charge is -2.17. The number of halogens is 1. The van der Waals surface area contributed by atoms with Gasteiger partial charge in [0.25, 0.3) is 0 Å². The summed E-state index contributed by atoms with van der Waals surface area (Å²) in [5.74, 6) is -0.718. The van der Waals surface area contributed by atoms with E-state index in [4.69, 9.17) is 5.11 Å². The summed E-state index contributed by atoms with van der Waals surface area (Å²) in [6, 6.07) is 7.88. The molecule has 0 amide bonds. The molecule has 1 fully saturated rings. The smallest absolute Gasteiger partial charge is 0.308 e. The van der Waals surface area contributed by atoms with Crippen LogP contribution in [0.1, 0.15) is 6.42 Å². The van der Waals surface area contributed by atoms with E-state index in [1.807, 2.05) is 4.90 Å². The quantitative estimate of drug-likeness (QED) is 0.937. The third kappa shape index (κ3) is 2.84. The van der Waals surface area contributed by atoms with E-state index in [9.17, 15) is 9.18 Å². The van der Waals surface area contributed by atoms with Crippen molar-refractivity contribution < 1.29 is 14.3 Å². The van der Waals surface area contributed by atoms with Crippen LogP contribution in [0.4, 0.5) is 10.2 Å². The molecule has 1 aromatic heterocycles. The highest BCUT2D eigenvalue weighted by Gasteiger charge is 2.28. The maximum Gasteiger partial charge on any atom is 0.308 e. The van der Waals surface area contributed by atoms with Crippen LogP contribution in [0.3, 0.4) is 0 Å². The molecule has 1 aliphatic heterocycles. The standard InChI is InChI=1S/C15H14FN3O2/c16-12-3-1-10(2-4-12)13-7-14(18-9-17-13)19-6-5-11(8-19)15(20)21/h1-4,7,9,11H,5-6,8H2,(H,20,21)/t11-/m0/s1. The summed E-state index contributed by atoms with van der Waals surface area (Å²) >= 11 is 0. The molecule has 1 aromatic carbocycles. The Morgan fingerprint density at radius 1 is 1.29 bits per heavy atom. The number of anilines is 1. The van der Waals surface area contributed by atoms with E-state index < -0.39 is 5.97 Å². The number of hydrogen-bond acceptors (Lipinski definition) is 4. The van der Waals surface area contributed by atoms with Gasteiger partial charge in [0.15, 0.2) is 0 Å². The zero-order valence-electron chi connectivity index (χ0n) is 11.2. The van der Waals surface area contributed by atoms with Crippen molar-refractivity contribution in [1.29, 1.82) is 0 Å². The van der Waals surface area contributed by atoms with Crippen molar-refractivity contribution in [1.82, 2.24) is 9.97 Å². The van der Waals surface area contributed by atoms with Crippen LogP contribution >= 0.6 is 0 Å². The monoisotopic (exact) mass is 287 g/mol. The summed E-state index contributed by atoms with van der Waals surface area (Å²) in [7, 11) is 0. The molecule has 3 rings (SSSR count). The molecule has 2 heterocycles. The van der Waals surface area contributed by atoms with Gasteiger partial charge in [0.1, 0.15) is 18.0 Å². The van der Waals surface area contributed by atoms with Gasteiger partial charge in [-0.2, -0.15) is 0 Å². The summed E-state index contributed by atoms with van der Waals surface area (Å²) in [4.78, 5) is 21.3. The molecule has 5 nitrogen and oxygen atoms in total. The van der Waals surface area contributed by atoms with Gasteiger partial charge in [0.2, 0.25) is 0 Å². The molecule has 21 heavy (non-hydrogen) atoms. The van der Waals surface area contributed by atoms with Crippen molar-refractivity contribution in [2.45, 2.75) is 6.42 Å². The van der Waals surface area contributed by atoms with Crippen molar-refractivity contribution in [3.05, 3.63) is 42.5 Å². The Morgan fingerprint density at radius 2 is 2.05 bits per heavy atom. The Kier molecular flexibility index (Phi) is 3.51. The third-order valence-electron chi connectivity index (χ3n) is 3.65. The van der Waals surface area contributed by atoms with E-state index in [1.165, 1.54) is 18.5 Å². The molecule has 2 aromatic rings. The molecule has 0 unspecified atom stereocenters. The molecule has 0 aliphatic carbocycles. The zero-order chi connectivity index (χ0) is 14.8. The number of nitrogens with zero attached hydrogens (tertiary/aromatic N) is 3. The van der Waals surface area contributed by atoms with Gasteiger partial charge in [-0.1, -0.05) is 0 Å². The minimum Gasteiger partial charge on any atom is -0.481 e. The Morgan fingerprint density at radius 3 is 2.71 bits per heavy atom. The molecule has 0 spiro atoms. The van der Waals surface area contributed by atoms with Crippen LogP contribution in [0.25, 0.3) is 11.3 Å². The average molecular weight is 287 g/mol. The highest BCUT2D eigenvalue weighted by Crippen LogP contribution is 2.25. The molecular formula is C15H14FN3O2. The van der Waals surface area contributed by atoms with Crippen molar-refractivity contribution in [3.8, 4) is 11.3 Å². The Balaban J connectivity index is 1.84. The normalized spacial score (nSPS) is 18.0. The van der Waals surface area contributed by atoms with Gasteiger partial charge in [0.05, 0.1) is 11.6 Å². The number of hydrogen-bond donors (Lipinski definition) is 1. The van der Waals surface area contributed by atoms with E-state index in [2.05, 4.69) is 9.97 Å². The molecule has 108 valence electrons. The highest BCUT2D eigenvalue weighted by molar-refractivity contribution is 5.72. The third-order valence-corrected chi connectivity index (χ3v) is 3.65. The van der Waals surface area contributed by atoms with Gasteiger partial charge in [0, 0.05) is 24.7 Å². The number of carboxylic acids is 1.